The lowest BCUT2D eigenvalue weighted by atomic mass is 10.1. The molecule has 5 nitrogen and oxygen atoms in total. The van der Waals surface area contributed by atoms with E-state index in [1.54, 1.807) is 42.6 Å². The van der Waals surface area contributed by atoms with E-state index in [9.17, 15) is 8.42 Å². The number of fused-ring (bicyclic) bond motifs is 1. The molecule has 1 aromatic heterocycles. The summed E-state index contributed by atoms with van der Waals surface area (Å²) in [5.41, 5.74) is 0.385. The van der Waals surface area contributed by atoms with Gasteiger partial charge in [-0.1, -0.05) is 48.5 Å². The molecule has 0 saturated carbocycles. The van der Waals surface area contributed by atoms with Gasteiger partial charge in [0.05, 0.1) is 11.9 Å². The molecular formula is C21H16N2O3S. The molecule has 0 amide bonds. The van der Waals surface area contributed by atoms with E-state index < -0.39 is 10.0 Å². The van der Waals surface area contributed by atoms with Crippen LogP contribution in [-0.4, -0.2) is 13.4 Å². The van der Waals surface area contributed by atoms with Crippen molar-refractivity contribution < 1.29 is 13.2 Å². The average molecular weight is 376 g/mol. The molecule has 0 aliphatic carbocycles. The number of sulfonamides is 1. The van der Waals surface area contributed by atoms with Gasteiger partial charge in [0.1, 0.15) is 10.6 Å². The zero-order valence-corrected chi connectivity index (χ0v) is 15.1. The summed E-state index contributed by atoms with van der Waals surface area (Å²) in [6, 6.07) is 23.3. The Labute approximate surface area is 157 Å². The van der Waals surface area contributed by atoms with Gasteiger partial charge in [-0.25, -0.2) is 8.42 Å². The minimum Gasteiger partial charge on any atom is -0.455 e. The molecule has 4 aromatic rings. The van der Waals surface area contributed by atoms with E-state index in [-0.39, 0.29) is 10.6 Å². The van der Waals surface area contributed by atoms with Crippen LogP contribution in [0.5, 0.6) is 11.5 Å². The van der Waals surface area contributed by atoms with E-state index in [1.165, 1.54) is 6.20 Å². The zero-order valence-electron chi connectivity index (χ0n) is 14.2. The van der Waals surface area contributed by atoms with Crippen molar-refractivity contribution >= 4 is 26.5 Å². The van der Waals surface area contributed by atoms with E-state index in [0.717, 1.165) is 10.8 Å². The second-order valence-corrected chi connectivity index (χ2v) is 7.53. The Balaban J connectivity index is 1.85. The molecule has 0 radical (unpaired) electrons. The Kier molecular flexibility index (Phi) is 4.48. The second-order valence-electron chi connectivity index (χ2n) is 5.88. The fourth-order valence-electron chi connectivity index (χ4n) is 2.78. The number of benzene rings is 3. The molecule has 1 heterocycles. The molecule has 0 aliphatic heterocycles. The van der Waals surface area contributed by atoms with Gasteiger partial charge in [-0.2, -0.15) is 0 Å². The van der Waals surface area contributed by atoms with Crippen LogP contribution >= 0.6 is 0 Å². The van der Waals surface area contributed by atoms with Crippen molar-refractivity contribution in [2.24, 2.45) is 0 Å². The highest BCUT2D eigenvalue weighted by Crippen LogP contribution is 2.36. The lowest BCUT2D eigenvalue weighted by molar-refractivity contribution is 0.474. The van der Waals surface area contributed by atoms with Crippen molar-refractivity contribution in [3.8, 4) is 11.5 Å². The van der Waals surface area contributed by atoms with Crippen LogP contribution in [0.15, 0.2) is 96.2 Å². The Morgan fingerprint density at radius 2 is 1.59 bits per heavy atom. The first-order valence-electron chi connectivity index (χ1n) is 8.31. The van der Waals surface area contributed by atoms with Gasteiger partial charge >= 0.3 is 0 Å². The Bertz CT molecular complexity index is 1180. The number of rotatable bonds is 5. The highest BCUT2D eigenvalue weighted by molar-refractivity contribution is 7.92. The summed E-state index contributed by atoms with van der Waals surface area (Å²) < 4.78 is 34.6. The lowest BCUT2D eigenvalue weighted by Gasteiger charge is -2.15. The Morgan fingerprint density at radius 3 is 2.37 bits per heavy atom. The number of hydrogen-bond acceptors (Lipinski definition) is 4. The molecule has 3 aromatic carbocycles. The number of pyridine rings is 1. The number of hydrogen-bond donors (Lipinski definition) is 1. The van der Waals surface area contributed by atoms with E-state index in [1.807, 2.05) is 42.5 Å². The zero-order chi connectivity index (χ0) is 18.7. The summed E-state index contributed by atoms with van der Waals surface area (Å²) in [7, 11) is -3.87. The Hall–Kier alpha value is -3.38. The predicted octanol–water partition coefficient (Wildman–Crippen LogP) is 4.83. The van der Waals surface area contributed by atoms with E-state index >= 15 is 0 Å². The summed E-state index contributed by atoms with van der Waals surface area (Å²) in [6.07, 6.45) is 3.04. The molecule has 0 saturated heterocycles. The van der Waals surface area contributed by atoms with Crippen LogP contribution in [0.1, 0.15) is 0 Å². The molecule has 4 rings (SSSR count). The third kappa shape index (κ3) is 3.61. The first-order valence-corrected chi connectivity index (χ1v) is 9.79. The van der Waals surface area contributed by atoms with Crippen LogP contribution < -0.4 is 9.46 Å². The van der Waals surface area contributed by atoms with Gasteiger partial charge in [0.25, 0.3) is 10.0 Å². The quantitative estimate of drug-likeness (QED) is 0.542. The molecular weight excluding hydrogens is 360 g/mol. The maximum Gasteiger partial charge on any atom is 0.265 e. The average Bonchev–Trinajstić information content (AvgIpc) is 2.69. The topological polar surface area (TPSA) is 68.3 Å². The van der Waals surface area contributed by atoms with Crippen molar-refractivity contribution in [3.05, 3.63) is 91.3 Å². The van der Waals surface area contributed by atoms with Gasteiger partial charge in [0, 0.05) is 11.6 Å². The van der Waals surface area contributed by atoms with Crippen molar-refractivity contribution in [3.63, 3.8) is 0 Å². The van der Waals surface area contributed by atoms with Crippen LogP contribution in [0.3, 0.4) is 0 Å². The number of ether oxygens (including phenoxy) is 1. The monoisotopic (exact) mass is 376 g/mol. The normalized spacial score (nSPS) is 11.3. The van der Waals surface area contributed by atoms with Crippen molar-refractivity contribution in [2.45, 2.75) is 4.90 Å². The minimum atomic E-state index is -3.87. The fourth-order valence-corrected chi connectivity index (χ4v) is 3.96. The third-order valence-corrected chi connectivity index (χ3v) is 5.41. The summed E-state index contributed by atoms with van der Waals surface area (Å²) >= 11 is 0. The maximum absolute atomic E-state index is 13.0. The Morgan fingerprint density at radius 1 is 0.815 bits per heavy atom. The van der Waals surface area contributed by atoms with E-state index in [2.05, 4.69) is 9.71 Å². The van der Waals surface area contributed by atoms with Crippen LogP contribution in [0.25, 0.3) is 10.8 Å². The molecule has 27 heavy (non-hydrogen) atoms. The first-order chi connectivity index (χ1) is 13.1. The second kappa shape index (κ2) is 7.09. The van der Waals surface area contributed by atoms with Crippen molar-refractivity contribution in [2.75, 3.05) is 4.72 Å². The molecule has 134 valence electrons. The number of aromatic nitrogens is 1. The lowest BCUT2D eigenvalue weighted by Crippen LogP contribution is -2.14. The molecule has 0 spiro atoms. The van der Waals surface area contributed by atoms with E-state index in [4.69, 9.17) is 4.74 Å². The predicted molar refractivity (Wildman–Crippen MR) is 106 cm³/mol. The van der Waals surface area contributed by atoms with E-state index in [0.29, 0.717) is 11.4 Å². The SMILES string of the molecule is O=S(=O)(Nc1cccnc1)c1ccc2ccccc2c1Oc1ccccc1. The van der Waals surface area contributed by atoms with Gasteiger partial charge in [-0.15, -0.1) is 0 Å². The maximum atomic E-state index is 13.0. The third-order valence-electron chi connectivity index (χ3n) is 4.01. The number of nitrogens with zero attached hydrogens (tertiary/aromatic N) is 1. The van der Waals surface area contributed by atoms with Gasteiger partial charge in [0.15, 0.2) is 5.75 Å². The summed E-state index contributed by atoms with van der Waals surface area (Å²) in [5.74, 6) is 0.849. The fraction of sp³-hybridized carbons (Fsp3) is 0. The molecule has 0 unspecified atom stereocenters. The van der Waals surface area contributed by atoms with Gasteiger partial charge in [-0.05, 0) is 35.7 Å². The first kappa shape index (κ1) is 17.1. The molecule has 6 heteroatoms. The van der Waals surface area contributed by atoms with Crippen molar-refractivity contribution in [1.29, 1.82) is 0 Å². The highest BCUT2D eigenvalue weighted by Gasteiger charge is 2.22. The smallest absolute Gasteiger partial charge is 0.265 e. The van der Waals surface area contributed by atoms with Gasteiger partial charge in [-0.3, -0.25) is 9.71 Å². The van der Waals surface area contributed by atoms with Crippen LogP contribution in [-0.2, 0) is 10.0 Å². The van der Waals surface area contributed by atoms with Crippen molar-refractivity contribution in [1.82, 2.24) is 4.98 Å². The standard InChI is InChI=1S/C21H16N2O3S/c24-27(25,23-17-8-6-14-22-15-17)20-13-12-16-7-4-5-11-19(16)21(20)26-18-9-2-1-3-10-18/h1-15,23H. The number of anilines is 1. The molecule has 0 bridgehead atoms. The molecule has 0 fully saturated rings. The van der Waals surface area contributed by atoms with Crippen LogP contribution in [0.2, 0.25) is 0 Å². The summed E-state index contributed by atoms with van der Waals surface area (Å²) in [5, 5.41) is 1.61. The number of nitrogens with one attached hydrogen (secondary N) is 1. The molecule has 0 aliphatic rings. The molecule has 0 atom stereocenters. The summed E-state index contributed by atoms with van der Waals surface area (Å²) in [6.45, 7) is 0. The minimum absolute atomic E-state index is 0.0638. The summed E-state index contributed by atoms with van der Waals surface area (Å²) in [4.78, 5) is 4.01. The highest BCUT2D eigenvalue weighted by atomic mass is 32.2. The van der Waals surface area contributed by atoms with Crippen LogP contribution in [0.4, 0.5) is 5.69 Å². The van der Waals surface area contributed by atoms with Gasteiger partial charge in [0.2, 0.25) is 0 Å². The largest absolute Gasteiger partial charge is 0.455 e. The molecule has 1 N–H and O–H groups in total. The number of para-hydroxylation sites is 1. The van der Waals surface area contributed by atoms with Gasteiger partial charge < -0.3 is 4.74 Å². The van der Waals surface area contributed by atoms with Crippen LogP contribution in [0, 0.1) is 0 Å².